The van der Waals surface area contributed by atoms with Gasteiger partial charge in [0.25, 0.3) is 0 Å². The van der Waals surface area contributed by atoms with E-state index in [1.807, 2.05) is 24.3 Å². The number of fused-ring (bicyclic) bond motifs is 7. The van der Waals surface area contributed by atoms with Crippen LogP contribution in [0.2, 0.25) is 0 Å². The molecule has 1 unspecified atom stereocenters. The number of anilines is 2. The summed E-state index contributed by atoms with van der Waals surface area (Å²) in [6.45, 7) is 0. The van der Waals surface area contributed by atoms with Gasteiger partial charge in [-0.05, 0) is 119 Å². The van der Waals surface area contributed by atoms with Crippen LogP contribution in [0.3, 0.4) is 0 Å². The minimum Gasteiger partial charge on any atom is -0.383 e. The van der Waals surface area contributed by atoms with Crippen molar-refractivity contribution in [2.24, 2.45) is 10.7 Å². The van der Waals surface area contributed by atoms with E-state index in [2.05, 4.69) is 185 Å². The third kappa shape index (κ3) is 6.38. The molecular formula is C56H44N4. The highest BCUT2D eigenvalue weighted by atomic mass is 15.2. The van der Waals surface area contributed by atoms with Gasteiger partial charge in [0.05, 0.1) is 22.4 Å². The van der Waals surface area contributed by atoms with Crippen LogP contribution in [-0.2, 0) is 6.42 Å². The van der Waals surface area contributed by atoms with Crippen molar-refractivity contribution < 1.29 is 0 Å². The third-order valence-corrected chi connectivity index (χ3v) is 12.4. The van der Waals surface area contributed by atoms with Crippen molar-refractivity contribution in [3.05, 3.63) is 228 Å². The Morgan fingerprint density at radius 2 is 1.32 bits per heavy atom. The van der Waals surface area contributed by atoms with E-state index in [0.29, 0.717) is 11.8 Å². The molecule has 0 amide bonds. The Balaban J connectivity index is 0.974. The number of allylic oxidation sites excluding steroid dienone is 3. The molecule has 0 spiro atoms. The van der Waals surface area contributed by atoms with Gasteiger partial charge in [-0.2, -0.15) is 0 Å². The van der Waals surface area contributed by atoms with Crippen LogP contribution in [0.4, 0.5) is 11.4 Å². The standard InChI is InChI=1S/C56H44N4/c57-56(58-51(40-16-6-2-7-17-40)32-24-38-14-4-1-5-15-38)43-26-25-39-27-30-46(35-44(39)34-43)60-52-22-12-10-20-47(52)49-31-28-42(37-55(49)60)41-29-33-54-50(36-41)48-21-11-13-23-53(48)59(54)45-18-8-3-9-19-45/h1-9,11,13-19,21-23,25-37,47H,10,12,20,24H2,(H2,57,58)/b51-32-. The van der Waals surface area contributed by atoms with Crippen LogP contribution in [0, 0.1) is 0 Å². The van der Waals surface area contributed by atoms with Crippen molar-refractivity contribution in [1.82, 2.24) is 4.57 Å². The Labute approximate surface area is 350 Å². The molecule has 0 saturated heterocycles. The summed E-state index contributed by atoms with van der Waals surface area (Å²) in [7, 11) is 0. The molecule has 0 bridgehead atoms. The monoisotopic (exact) mass is 772 g/mol. The smallest absolute Gasteiger partial charge is 0.131 e. The average Bonchev–Trinajstić information content (AvgIpc) is 3.83. The van der Waals surface area contributed by atoms with Gasteiger partial charge in [-0.15, -0.1) is 0 Å². The molecule has 2 heterocycles. The summed E-state index contributed by atoms with van der Waals surface area (Å²) in [5.74, 6) is 0.888. The van der Waals surface area contributed by atoms with Crippen LogP contribution in [0.1, 0.15) is 47.4 Å². The van der Waals surface area contributed by atoms with Gasteiger partial charge in [-0.3, -0.25) is 0 Å². The van der Waals surface area contributed by atoms with Crippen LogP contribution in [0.25, 0.3) is 55.1 Å². The van der Waals surface area contributed by atoms with E-state index >= 15 is 0 Å². The fraction of sp³-hybridized carbons (Fsp3) is 0.0893. The maximum absolute atomic E-state index is 6.86. The van der Waals surface area contributed by atoms with Crippen molar-refractivity contribution in [1.29, 1.82) is 0 Å². The van der Waals surface area contributed by atoms with Gasteiger partial charge in [0, 0.05) is 39.3 Å². The highest BCUT2D eigenvalue weighted by molar-refractivity contribution is 6.10. The number of hydrogen-bond donors (Lipinski definition) is 1. The van der Waals surface area contributed by atoms with E-state index in [9.17, 15) is 0 Å². The van der Waals surface area contributed by atoms with E-state index in [-0.39, 0.29) is 0 Å². The molecule has 2 N–H and O–H groups in total. The van der Waals surface area contributed by atoms with Crippen molar-refractivity contribution in [3.63, 3.8) is 0 Å². The molecule has 0 saturated carbocycles. The van der Waals surface area contributed by atoms with Gasteiger partial charge >= 0.3 is 0 Å². The minimum absolute atomic E-state index is 0.387. The number of para-hydroxylation sites is 2. The van der Waals surface area contributed by atoms with Crippen molar-refractivity contribution >= 4 is 55.5 Å². The topological polar surface area (TPSA) is 46.5 Å². The van der Waals surface area contributed by atoms with E-state index in [1.165, 1.54) is 78.6 Å². The van der Waals surface area contributed by atoms with Gasteiger partial charge in [0.2, 0.25) is 0 Å². The lowest BCUT2D eigenvalue weighted by atomic mass is 9.88. The normalized spacial score (nSPS) is 15.4. The Morgan fingerprint density at radius 3 is 2.17 bits per heavy atom. The van der Waals surface area contributed by atoms with Gasteiger partial charge in [0.15, 0.2) is 0 Å². The molecule has 11 rings (SSSR count). The van der Waals surface area contributed by atoms with Gasteiger partial charge in [-0.25, -0.2) is 4.99 Å². The minimum atomic E-state index is 0.387. The Hall–Kier alpha value is -7.43. The molecule has 0 radical (unpaired) electrons. The molecule has 288 valence electrons. The zero-order valence-corrected chi connectivity index (χ0v) is 33.4. The van der Waals surface area contributed by atoms with E-state index < -0.39 is 0 Å². The number of benzene rings is 8. The first-order valence-corrected chi connectivity index (χ1v) is 21.1. The fourth-order valence-electron chi connectivity index (χ4n) is 9.46. The quantitative estimate of drug-likeness (QED) is 0.123. The van der Waals surface area contributed by atoms with E-state index in [0.717, 1.165) is 41.5 Å². The predicted molar refractivity (Wildman–Crippen MR) is 252 cm³/mol. The highest BCUT2D eigenvalue weighted by Gasteiger charge is 2.36. The maximum Gasteiger partial charge on any atom is 0.131 e. The second kappa shape index (κ2) is 15.1. The van der Waals surface area contributed by atoms with Crippen molar-refractivity contribution in [2.75, 3.05) is 4.90 Å². The SMILES string of the molecule is NC(=N/C(=C\Cc1ccccc1)c1ccccc1)c1ccc2ccc(N3C4=CCCCC4c4ccc(-c5ccc6c(c5)c5ccccc5n6-c5ccccc5)cc43)cc2c1. The molecule has 4 nitrogen and oxygen atoms in total. The zero-order chi connectivity index (χ0) is 40.0. The molecule has 1 aliphatic heterocycles. The molecule has 1 aliphatic carbocycles. The lowest BCUT2D eigenvalue weighted by Gasteiger charge is -2.26. The van der Waals surface area contributed by atoms with Crippen LogP contribution in [0.15, 0.2) is 211 Å². The Kier molecular flexibility index (Phi) is 8.97. The molecule has 2 aliphatic rings. The molecule has 60 heavy (non-hydrogen) atoms. The average molecular weight is 773 g/mol. The number of hydrogen-bond acceptors (Lipinski definition) is 2. The molecule has 4 heteroatoms. The lowest BCUT2D eigenvalue weighted by molar-refractivity contribution is 0.634. The van der Waals surface area contributed by atoms with Crippen molar-refractivity contribution in [3.8, 4) is 16.8 Å². The van der Waals surface area contributed by atoms with Crippen LogP contribution < -0.4 is 10.6 Å². The van der Waals surface area contributed by atoms with Crippen LogP contribution in [-0.4, -0.2) is 10.4 Å². The summed E-state index contributed by atoms with van der Waals surface area (Å²) in [5, 5.41) is 4.83. The number of amidine groups is 1. The number of rotatable bonds is 8. The molecule has 9 aromatic rings. The Bertz CT molecular complexity index is 3160. The summed E-state index contributed by atoms with van der Waals surface area (Å²) in [6.07, 6.45) is 8.87. The molecule has 0 fully saturated rings. The summed E-state index contributed by atoms with van der Waals surface area (Å²) >= 11 is 0. The first-order valence-electron chi connectivity index (χ1n) is 21.1. The summed E-state index contributed by atoms with van der Waals surface area (Å²) < 4.78 is 2.38. The van der Waals surface area contributed by atoms with E-state index in [1.54, 1.807) is 0 Å². The van der Waals surface area contributed by atoms with Gasteiger partial charge < -0.3 is 15.2 Å². The second-order valence-corrected chi connectivity index (χ2v) is 16.0. The van der Waals surface area contributed by atoms with Crippen LogP contribution in [0.5, 0.6) is 0 Å². The molecular weight excluding hydrogens is 729 g/mol. The summed E-state index contributed by atoms with van der Waals surface area (Å²) in [4.78, 5) is 7.57. The predicted octanol–water partition coefficient (Wildman–Crippen LogP) is 13.9. The molecule has 1 aromatic heterocycles. The maximum atomic E-state index is 6.86. The Morgan fingerprint density at radius 1 is 0.600 bits per heavy atom. The number of nitrogens with two attached hydrogens (primary N) is 1. The summed E-state index contributed by atoms with van der Waals surface area (Å²) in [5.41, 5.74) is 22.2. The third-order valence-electron chi connectivity index (χ3n) is 12.4. The molecule has 8 aromatic carbocycles. The first-order chi connectivity index (χ1) is 29.7. The van der Waals surface area contributed by atoms with Crippen LogP contribution >= 0.6 is 0 Å². The largest absolute Gasteiger partial charge is 0.383 e. The van der Waals surface area contributed by atoms with Gasteiger partial charge in [0.1, 0.15) is 5.84 Å². The lowest BCUT2D eigenvalue weighted by Crippen LogP contribution is -2.16. The first kappa shape index (κ1) is 35.7. The number of nitrogens with zero attached hydrogens (tertiary/aromatic N) is 3. The van der Waals surface area contributed by atoms with E-state index in [4.69, 9.17) is 10.7 Å². The summed E-state index contributed by atoms with van der Waals surface area (Å²) in [6, 6.07) is 67.6. The van der Waals surface area contributed by atoms with Crippen molar-refractivity contribution in [2.45, 2.75) is 31.6 Å². The second-order valence-electron chi connectivity index (χ2n) is 16.0. The number of aliphatic imine (C=N–C) groups is 1. The van der Waals surface area contributed by atoms with Gasteiger partial charge in [-0.1, -0.05) is 146 Å². The highest BCUT2D eigenvalue weighted by Crippen LogP contribution is 2.53. The zero-order valence-electron chi connectivity index (χ0n) is 33.4. The fourth-order valence-corrected chi connectivity index (χ4v) is 9.46. The number of aromatic nitrogens is 1. The molecule has 1 atom stereocenters.